The summed E-state index contributed by atoms with van der Waals surface area (Å²) in [4.78, 5) is 6.76. The molecule has 0 N–H and O–H groups in total. The van der Waals surface area contributed by atoms with E-state index >= 15 is 0 Å². The average molecular weight is 322 g/mol. The van der Waals surface area contributed by atoms with Gasteiger partial charge >= 0.3 is 0 Å². The minimum Gasteiger partial charge on any atom is -0.390 e. The van der Waals surface area contributed by atoms with Gasteiger partial charge in [0, 0.05) is 10.0 Å². The Kier molecular flexibility index (Phi) is 3.16. The number of hydrogen-bond acceptors (Lipinski definition) is 3. The average Bonchev–Trinajstić information content (AvgIpc) is 2.81. The lowest BCUT2D eigenvalue weighted by Crippen LogP contribution is -2.13. The molecule has 0 radical (unpaired) electrons. The summed E-state index contributed by atoms with van der Waals surface area (Å²) in [6.45, 7) is 0.0897. The first-order valence-corrected chi connectivity index (χ1v) is 6.41. The van der Waals surface area contributed by atoms with Crippen LogP contribution < -0.4 is 4.84 Å². The maximum absolute atomic E-state index is 13.6. The maximum atomic E-state index is 13.6. The highest BCUT2D eigenvalue weighted by atomic mass is 79.9. The molecule has 1 heterocycles. The minimum atomic E-state index is -0.321. The number of para-hydroxylation sites is 1. The Balaban J connectivity index is 1.82. The summed E-state index contributed by atoms with van der Waals surface area (Å²) < 4.78 is 14.3. The molecular weight excluding hydrogens is 313 g/mol. The fourth-order valence-electron chi connectivity index (χ4n) is 1.71. The molecule has 0 aliphatic heterocycles. The quantitative estimate of drug-likeness (QED) is 0.744. The zero-order valence-electron chi connectivity index (χ0n) is 9.75. The standard InChI is InChI=1S/C13H9BrFN3O/c14-10-6-5-9(11(15)7-10)8-19-18-13-4-2-1-3-12(13)16-17-18/h1-7H,8H2. The van der Waals surface area contributed by atoms with Gasteiger partial charge in [-0.2, -0.15) is 0 Å². The van der Waals surface area contributed by atoms with E-state index < -0.39 is 0 Å². The van der Waals surface area contributed by atoms with E-state index in [0.717, 1.165) is 11.0 Å². The van der Waals surface area contributed by atoms with Gasteiger partial charge in [-0.3, -0.25) is 0 Å². The molecule has 6 heteroatoms. The monoisotopic (exact) mass is 321 g/mol. The number of benzene rings is 2. The Morgan fingerprint density at radius 2 is 2.05 bits per heavy atom. The van der Waals surface area contributed by atoms with Crippen LogP contribution in [0.3, 0.4) is 0 Å². The van der Waals surface area contributed by atoms with Crippen LogP contribution >= 0.6 is 15.9 Å². The number of aromatic nitrogens is 3. The van der Waals surface area contributed by atoms with E-state index in [9.17, 15) is 4.39 Å². The molecule has 3 aromatic rings. The van der Waals surface area contributed by atoms with Gasteiger partial charge in [-0.1, -0.05) is 39.0 Å². The number of hydrogen-bond donors (Lipinski definition) is 0. The number of nitrogens with zero attached hydrogens (tertiary/aromatic N) is 3. The van der Waals surface area contributed by atoms with Gasteiger partial charge in [0.1, 0.15) is 23.5 Å². The smallest absolute Gasteiger partial charge is 0.145 e. The second-order valence-electron chi connectivity index (χ2n) is 3.96. The van der Waals surface area contributed by atoms with Gasteiger partial charge in [-0.15, -0.1) is 5.10 Å². The molecule has 0 fully saturated rings. The van der Waals surface area contributed by atoms with Crippen molar-refractivity contribution >= 4 is 27.0 Å². The highest BCUT2D eigenvalue weighted by Crippen LogP contribution is 2.16. The van der Waals surface area contributed by atoms with Crippen LogP contribution in [-0.2, 0) is 6.61 Å². The van der Waals surface area contributed by atoms with Crippen molar-refractivity contribution in [2.45, 2.75) is 6.61 Å². The third kappa shape index (κ3) is 2.44. The van der Waals surface area contributed by atoms with Crippen LogP contribution in [-0.4, -0.2) is 15.2 Å². The number of halogens is 2. The van der Waals surface area contributed by atoms with E-state index in [1.807, 2.05) is 24.3 Å². The third-order valence-corrected chi connectivity index (χ3v) is 3.17. The topological polar surface area (TPSA) is 39.9 Å². The Labute approximate surface area is 116 Å². The maximum Gasteiger partial charge on any atom is 0.145 e. The molecule has 3 rings (SSSR count). The summed E-state index contributed by atoms with van der Waals surface area (Å²) >= 11 is 3.21. The second kappa shape index (κ2) is 4.97. The Morgan fingerprint density at radius 3 is 2.89 bits per heavy atom. The lowest BCUT2D eigenvalue weighted by Gasteiger charge is -2.06. The molecule has 19 heavy (non-hydrogen) atoms. The fraction of sp³-hybridized carbons (Fsp3) is 0.0769. The first kappa shape index (κ1) is 12.1. The van der Waals surface area contributed by atoms with Gasteiger partial charge in [0.15, 0.2) is 0 Å². The summed E-state index contributed by atoms with van der Waals surface area (Å²) in [5.74, 6) is -0.321. The lowest BCUT2D eigenvalue weighted by atomic mass is 10.2. The van der Waals surface area contributed by atoms with Crippen LogP contribution in [0.5, 0.6) is 0 Å². The van der Waals surface area contributed by atoms with E-state index in [1.54, 1.807) is 12.1 Å². The minimum absolute atomic E-state index is 0.0897. The molecule has 0 unspecified atom stereocenters. The normalized spacial score (nSPS) is 10.8. The molecule has 1 aromatic heterocycles. The van der Waals surface area contributed by atoms with Crippen LogP contribution in [0.1, 0.15) is 5.56 Å². The van der Waals surface area contributed by atoms with Crippen LogP contribution in [0.2, 0.25) is 0 Å². The molecule has 0 saturated heterocycles. The van der Waals surface area contributed by atoms with Gasteiger partial charge in [-0.05, 0) is 29.5 Å². The van der Waals surface area contributed by atoms with Crippen molar-refractivity contribution in [2.24, 2.45) is 0 Å². The number of fused-ring (bicyclic) bond motifs is 1. The lowest BCUT2D eigenvalue weighted by molar-refractivity contribution is 0.0734. The first-order chi connectivity index (χ1) is 9.24. The summed E-state index contributed by atoms with van der Waals surface area (Å²) in [7, 11) is 0. The van der Waals surface area contributed by atoms with E-state index in [0.29, 0.717) is 10.0 Å². The largest absolute Gasteiger partial charge is 0.390 e. The van der Waals surface area contributed by atoms with E-state index in [2.05, 4.69) is 26.2 Å². The van der Waals surface area contributed by atoms with Gasteiger partial charge in [0.2, 0.25) is 0 Å². The molecule has 0 spiro atoms. The van der Waals surface area contributed by atoms with E-state index in [4.69, 9.17) is 4.84 Å². The summed E-state index contributed by atoms with van der Waals surface area (Å²) in [6.07, 6.45) is 0. The van der Waals surface area contributed by atoms with Crippen molar-refractivity contribution in [3.05, 3.63) is 58.3 Å². The molecule has 0 aliphatic rings. The van der Waals surface area contributed by atoms with Crippen molar-refractivity contribution in [1.82, 2.24) is 15.2 Å². The van der Waals surface area contributed by atoms with Crippen LogP contribution in [0.25, 0.3) is 11.0 Å². The Morgan fingerprint density at radius 1 is 1.21 bits per heavy atom. The van der Waals surface area contributed by atoms with Crippen LogP contribution in [0.15, 0.2) is 46.9 Å². The Bertz CT molecular complexity index is 729. The molecule has 0 amide bonds. The van der Waals surface area contributed by atoms with Gasteiger partial charge < -0.3 is 4.84 Å². The van der Waals surface area contributed by atoms with Gasteiger partial charge in [0.05, 0.1) is 0 Å². The second-order valence-corrected chi connectivity index (χ2v) is 4.88. The number of rotatable bonds is 3. The SMILES string of the molecule is Fc1cc(Br)ccc1COn1nnc2ccccc21. The van der Waals surface area contributed by atoms with Crippen molar-refractivity contribution in [2.75, 3.05) is 0 Å². The first-order valence-electron chi connectivity index (χ1n) is 5.62. The zero-order chi connectivity index (χ0) is 13.2. The predicted molar refractivity (Wildman–Crippen MR) is 71.9 cm³/mol. The zero-order valence-corrected chi connectivity index (χ0v) is 11.3. The van der Waals surface area contributed by atoms with Crippen LogP contribution in [0.4, 0.5) is 4.39 Å². The predicted octanol–water partition coefficient (Wildman–Crippen LogP) is 2.96. The van der Waals surface area contributed by atoms with E-state index in [-0.39, 0.29) is 12.4 Å². The van der Waals surface area contributed by atoms with Crippen molar-refractivity contribution in [1.29, 1.82) is 0 Å². The third-order valence-electron chi connectivity index (χ3n) is 2.68. The van der Waals surface area contributed by atoms with Crippen molar-refractivity contribution < 1.29 is 9.23 Å². The van der Waals surface area contributed by atoms with Gasteiger partial charge in [-0.25, -0.2) is 4.39 Å². The van der Waals surface area contributed by atoms with Crippen LogP contribution in [0, 0.1) is 5.82 Å². The molecule has 4 nitrogen and oxygen atoms in total. The summed E-state index contributed by atoms with van der Waals surface area (Å²) in [5, 5.41) is 7.82. The van der Waals surface area contributed by atoms with Crippen molar-refractivity contribution in [3.8, 4) is 0 Å². The molecule has 0 bridgehead atoms. The molecule has 0 atom stereocenters. The summed E-state index contributed by atoms with van der Waals surface area (Å²) in [6, 6.07) is 12.2. The molecule has 2 aromatic carbocycles. The molecule has 96 valence electrons. The summed E-state index contributed by atoms with van der Waals surface area (Å²) in [5.41, 5.74) is 1.95. The molecular formula is C13H9BrFN3O. The fourth-order valence-corrected chi connectivity index (χ4v) is 2.05. The van der Waals surface area contributed by atoms with Crippen molar-refractivity contribution in [3.63, 3.8) is 0 Å². The Hall–Kier alpha value is -1.95. The molecule has 0 saturated carbocycles. The molecule has 0 aliphatic carbocycles. The highest BCUT2D eigenvalue weighted by Gasteiger charge is 2.07. The van der Waals surface area contributed by atoms with E-state index in [1.165, 1.54) is 10.9 Å². The van der Waals surface area contributed by atoms with Gasteiger partial charge in [0.25, 0.3) is 0 Å². The highest BCUT2D eigenvalue weighted by molar-refractivity contribution is 9.10.